The lowest BCUT2D eigenvalue weighted by Gasteiger charge is -2.31. The van der Waals surface area contributed by atoms with E-state index < -0.39 is 0 Å². The molecule has 1 aliphatic heterocycles. The summed E-state index contributed by atoms with van der Waals surface area (Å²) in [6, 6.07) is -0.0111. The third-order valence-corrected chi connectivity index (χ3v) is 3.40. The largest absolute Gasteiger partial charge is 0.466 e. The summed E-state index contributed by atoms with van der Waals surface area (Å²) in [5.74, 6) is 0.428. The van der Waals surface area contributed by atoms with Gasteiger partial charge in [0.15, 0.2) is 0 Å². The highest BCUT2D eigenvalue weighted by molar-refractivity contribution is 5.76. The van der Waals surface area contributed by atoms with Crippen LogP contribution in [0.5, 0.6) is 0 Å². The molecular formula is C14H26N2O3. The average Bonchev–Trinajstić information content (AvgIpc) is 2.38. The third-order valence-electron chi connectivity index (χ3n) is 3.40. The van der Waals surface area contributed by atoms with Gasteiger partial charge in [-0.05, 0) is 32.1 Å². The molecule has 1 rings (SSSR count). The summed E-state index contributed by atoms with van der Waals surface area (Å²) in [5, 5.41) is 2.92. The Morgan fingerprint density at radius 3 is 2.47 bits per heavy atom. The number of piperidine rings is 1. The van der Waals surface area contributed by atoms with Crippen LogP contribution in [-0.2, 0) is 9.53 Å². The number of hydrogen-bond acceptors (Lipinski definition) is 3. The third kappa shape index (κ3) is 5.49. The molecule has 2 amide bonds. The first-order valence-electron chi connectivity index (χ1n) is 7.24. The van der Waals surface area contributed by atoms with Crippen LogP contribution in [0.4, 0.5) is 4.79 Å². The molecule has 0 aliphatic carbocycles. The van der Waals surface area contributed by atoms with Gasteiger partial charge in [0.2, 0.25) is 0 Å². The van der Waals surface area contributed by atoms with Crippen molar-refractivity contribution in [2.45, 2.75) is 40.0 Å². The molecule has 0 spiro atoms. The van der Waals surface area contributed by atoms with Gasteiger partial charge in [0, 0.05) is 19.6 Å². The molecule has 0 unspecified atom stereocenters. The van der Waals surface area contributed by atoms with E-state index in [2.05, 4.69) is 19.2 Å². The van der Waals surface area contributed by atoms with Gasteiger partial charge in [0.05, 0.1) is 12.5 Å². The number of nitrogens with zero attached hydrogens (tertiary/aromatic N) is 1. The molecule has 1 saturated heterocycles. The summed E-state index contributed by atoms with van der Waals surface area (Å²) in [6.07, 6.45) is 2.40. The van der Waals surface area contributed by atoms with Gasteiger partial charge in [0.25, 0.3) is 0 Å². The van der Waals surface area contributed by atoms with Gasteiger partial charge in [-0.1, -0.05) is 13.8 Å². The second kappa shape index (κ2) is 8.02. The average molecular weight is 270 g/mol. The Hall–Kier alpha value is -1.26. The quantitative estimate of drug-likeness (QED) is 0.778. The van der Waals surface area contributed by atoms with E-state index in [9.17, 15) is 9.59 Å². The van der Waals surface area contributed by atoms with Crippen LogP contribution in [0, 0.1) is 11.8 Å². The minimum absolute atomic E-state index is 0.0111. The normalized spacial score (nSPS) is 16.5. The van der Waals surface area contributed by atoms with E-state index in [0.29, 0.717) is 45.0 Å². The van der Waals surface area contributed by atoms with Gasteiger partial charge in [-0.2, -0.15) is 0 Å². The molecular weight excluding hydrogens is 244 g/mol. The zero-order valence-electron chi connectivity index (χ0n) is 12.3. The van der Waals surface area contributed by atoms with Crippen LogP contribution < -0.4 is 5.32 Å². The number of hydrogen-bond donors (Lipinski definition) is 1. The number of ether oxygens (including phenoxy) is 1. The number of likely N-dealkylation sites (tertiary alicyclic amines) is 1. The van der Waals surface area contributed by atoms with Crippen molar-refractivity contribution in [2.75, 3.05) is 26.2 Å². The van der Waals surface area contributed by atoms with Gasteiger partial charge in [-0.25, -0.2) is 4.79 Å². The fourth-order valence-corrected chi connectivity index (χ4v) is 2.16. The first-order chi connectivity index (χ1) is 9.04. The van der Waals surface area contributed by atoms with Crippen molar-refractivity contribution in [3.8, 4) is 0 Å². The number of carbonyl (C=O) groups excluding carboxylic acids is 2. The molecule has 0 aromatic rings. The van der Waals surface area contributed by atoms with Gasteiger partial charge in [-0.3, -0.25) is 4.79 Å². The summed E-state index contributed by atoms with van der Waals surface area (Å²) in [4.78, 5) is 25.2. The highest BCUT2D eigenvalue weighted by Crippen LogP contribution is 2.18. The maximum absolute atomic E-state index is 11.9. The van der Waals surface area contributed by atoms with Crippen LogP contribution >= 0.6 is 0 Å². The van der Waals surface area contributed by atoms with Gasteiger partial charge < -0.3 is 15.0 Å². The number of urea groups is 1. The van der Waals surface area contributed by atoms with Gasteiger partial charge >= 0.3 is 12.0 Å². The van der Waals surface area contributed by atoms with Crippen molar-refractivity contribution in [3.05, 3.63) is 0 Å². The molecule has 0 radical (unpaired) electrons. The second-order valence-corrected chi connectivity index (χ2v) is 5.43. The number of carbonyl (C=O) groups is 2. The first kappa shape index (κ1) is 15.8. The van der Waals surface area contributed by atoms with Crippen molar-refractivity contribution in [3.63, 3.8) is 0 Å². The Balaban J connectivity index is 2.25. The molecule has 5 heteroatoms. The standard InChI is InChI=1S/C14H26N2O3/c1-4-19-13(17)12-6-9-16(10-7-12)14(18)15-8-5-11(2)3/h11-12H,4-10H2,1-3H3,(H,15,18). The van der Waals surface area contributed by atoms with Crippen LogP contribution in [0.3, 0.4) is 0 Å². The Bertz CT molecular complexity index is 297. The molecule has 1 fully saturated rings. The molecule has 1 heterocycles. The molecule has 5 nitrogen and oxygen atoms in total. The summed E-state index contributed by atoms with van der Waals surface area (Å²) >= 11 is 0. The zero-order valence-corrected chi connectivity index (χ0v) is 12.3. The summed E-state index contributed by atoms with van der Waals surface area (Å²) in [5.41, 5.74) is 0. The van der Waals surface area contributed by atoms with Crippen molar-refractivity contribution in [2.24, 2.45) is 11.8 Å². The van der Waals surface area contributed by atoms with Gasteiger partial charge in [-0.15, -0.1) is 0 Å². The minimum atomic E-state index is -0.123. The lowest BCUT2D eigenvalue weighted by atomic mass is 9.97. The SMILES string of the molecule is CCOC(=O)C1CCN(C(=O)NCCC(C)C)CC1. The maximum Gasteiger partial charge on any atom is 0.317 e. The van der Waals surface area contributed by atoms with E-state index in [0.717, 1.165) is 6.42 Å². The van der Waals surface area contributed by atoms with Gasteiger partial charge in [0.1, 0.15) is 0 Å². The number of nitrogens with one attached hydrogen (secondary N) is 1. The predicted octanol–water partition coefficient (Wildman–Crippen LogP) is 2.02. The lowest BCUT2D eigenvalue weighted by Crippen LogP contribution is -2.46. The van der Waals surface area contributed by atoms with Crippen molar-refractivity contribution < 1.29 is 14.3 Å². The van der Waals surface area contributed by atoms with E-state index in [-0.39, 0.29) is 17.9 Å². The molecule has 0 bridgehead atoms. The zero-order chi connectivity index (χ0) is 14.3. The number of amides is 2. The molecule has 0 aromatic heterocycles. The Morgan fingerprint density at radius 1 is 1.32 bits per heavy atom. The predicted molar refractivity (Wildman–Crippen MR) is 73.8 cm³/mol. The molecule has 1 N–H and O–H groups in total. The van der Waals surface area contributed by atoms with E-state index in [1.165, 1.54) is 0 Å². The lowest BCUT2D eigenvalue weighted by molar-refractivity contribution is -0.149. The van der Waals surface area contributed by atoms with Crippen LogP contribution in [0.2, 0.25) is 0 Å². The van der Waals surface area contributed by atoms with E-state index >= 15 is 0 Å². The number of rotatable bonds is 5. The highest BCUT2D eigenvalue weighted by atomic mass is 16.5. The monoisotopic (exact) mass is 270 g/mol. The first-order valence-corrected chi connectivity index (χ1v) is 7.24. The van der Waals surface area contributed by atoms with Crippen LogP contribution in [0.15, 0.2) is 0 Å². The van der Waals surface area contributed by atoms with Crippen molar-refractivity contribution >= 4 is 12.0 Å². The molecule has 0 aromatic carbocycles. The van der Waals surface area contributed by atoms with Crippen LogP contribution in [-0.4, -0.2) is 43.1 Å². The molecule has 110 valence electrons. The smallest absolute Gasteiger partial charge is 0.317 e. The summed E-state index contributed by atoms with van der Waals surface area (Å²) < 4.78 is 5.01. The molecule has 19 heavy (non-hydrogen) atoms. The van der Waals surface area contributed by atoms with Crippen LogP contribution in [0.25, 0.3) is 0 Å². The maximum atomic E-state index is 11.9. The highest BCUT2D eigenvalue weighted by Gasteiger charge is 2.27. The Kier molecular flexibility index (Phi) is 6.67. The van der Waals surface area contributed by atoms with E-state index in [4.69, 9.17) is 4.74 Å². The minimum Gasteiger partial charge on any atom is -0.466 e. The fraction of sp³-hybridized carbons (Fsp3) is 0.857. The molecule has 0 saturated carbocycles. The second-order valence-electron chi connectivity index (χ2n) is 5.43. The van der Waals surface area contributed by atoms with E-state index in [1.807, 2.05) is 6.92 Å². The fourth-order valence-electron chi connectivity index (χ4n) is 2.16. The summed E-state index contributed by atoms with van der Waals surface area (Å²) in [7, 11) is 0. The molecule has 0 atom stereocenters. The van der Waals surface area contributed by atoms with Crippen molar-refractivity contribution in [1.82, 2.24) is 10.2 Å². The molecule has 1 aliphatic rings. The Morgan fingerprint density at radius 2 is 1.95 bits per heavy atom. The topological polar surface area (TPSA) is 58.6 Å². The summed E-state index contributed by atoms with van der Waals surface area (Å²) in [6.45, 7) is 8.50. The van der Waals surface area contributed by atoms with Crippen LogP contribution in [0.1, 0.15) is 40.0 Å². The number of esters is 1. The Labute approximate surface area is 115 Å². The van der Waals surface area contributed by atoms with E-state index in [1.54, 1.807) is 4.90 Å². The van der Waals surface area contributed by atoms with Crippen molar-refractivity contribution in [1.29, 1.82) is 0 Å².